The van der Waals surface area contributed by atoms with Crippen molar-refractivity contribution in [1.29, 1.82) is 0 Å². The lowest BCUT2D eigenvalue weighted by molar-refractivity contribution is 0.0962. The van der Waals surface area contributed by atoms with Gasteiger partial charge in [-0.05, 0) is 31.2 Å². The Bertz CT molecular complexity index is 1020. The van der Waals surface area contributed by atoms with Gasteiger partial charge in [-0.15, -0.1) is 0 Å². The summed E-state index contributed by atoms with van der Waals surface area (Å²) >= 11 is 0. The average molecular weight is 376 g/mol. The fourth-order valence-corrected chi connectivity index (χ4v) is 2.54. The Morgan fingerprint density at radius 1 is 0.964 bits per heavy atom. The highest BCUT2D eigenvalue weighted by Crippen LogP contribution is 2.24. The van der Waals surface area contributed by atoms with Crippen LogP contribution < -0.4 is 21.7 Å². The number of rotatable bonds is 6. The molecule has 28 heavy (non-hydrogen) atoms. The van der Waals surface area contributed by atoms with Crippen molar-refractivity contribution in [3.05, 3.63) is 71.4 Å². The number of anilines is 4. The Morgan fingerprint density at radius 3 is 2.36 bits per heavy atom. The third-order valence-electron chi connectivity index (χ3n) is 4.01. The third-order valence-corrected chi connectivity index (χ3v) is 4.01. The Hall–Kier alpha value is -3.94. The summed E-state index contributed by atoms with van der Waals surface area (Å²) < 4.78 is 0. The van der Waals surface area contributed by atoms with E-state index in [0.717, 1.165) is 11.3 Å². The molecule has 0 unspecified atom stereocenters. The van der Waals surface area contributed by atoms with Gasteiger partial charge in [0.25, 0.3) is 11.8 Å². The molecule has 0 saturated heterocycles. The van der Waals surface area contributed by atoms with Gasteiger partial charge in [-0.3, -0.25) is 9.59 Å². The molecule has 0 aliphatic rings. The molecule has 0 aliphatic heterocycles. The van der Waals surface area contributed by atoms with E-state index >= 15 is 0 Å². The van der Waals surface area contributed by atoms with Gasteiger partial charge in [0.1, 0.15) is 11.4 Å². The van der Waals surface area contributed by atoms with E-state index in [0.29, 0.717) is 11.6 Å². The molecule has 8 heteroatoms. The van der Waals surface area contributed by atoms with Crippen LogP contribution in [-0.4, -0.2) is 28.8 Å². The number of aromatic nitrogens is 2. The predicted octanol–water partition coefficient (Wildman–Crippen LogP) is 2.73. The number of benzene rings is 2. The number of hydrogen-bond acceptors (Lipinski definition) is 6. The number of carbonyl (C=O) groups is 2. The summed E-state index contributed by atoms with van der Waals surface area (Å²) in [5.41, 5.74) is 8.34. The van der Waals surface area contributed by atoms with Crippen LogP contribution in [0.25, 0.3) is 0 Å². The van der Waals surface area contributed by atoms with Gasteiger partial charge in [-0.2, -0.15) is 4.98 Å². The molecule has 2 aromatic carbocycles. The second kappa shape index (κ2) is 8.17. The molecule has 3 aromatic rings. The van der Waals surface area contributed by atoms with Crippen LogP contribution in [0.2, 0.25) is 0 Å². The topological polar surface area (TPSA) is 122 Å². The number of amides is 2. The Labute approximate surface area is 162 Å². The van der Waals surface area contributed by atoms with E-state index in [-0.39, 0.29) is 22.9 Å². The zero-order valence-electron chi connectivity index (χ0n) is 15.5. The molecular weight excluding hydrogens is 356 g/mol. The lowest BCUT2D eigenvalue weighted by Gasteiger charge is -2.14. The molecule has 1 aromatic heterocycles. The molecule has 2 amide bonds. The minimum Gasteiger partial charge on any atom is -0.366 e. The number of aryl methyl sites for hydroxylation is 1. The fourth-order valence-electron chi connectivity index (χ4n) is 2.54. The first-order valence-electron chi connectivity index (χ1n) is 8.56. The normalized spacial score (nSPS) is 10.2. The van der Waals surface area contributed by atoms with Crippen molar-refractivity contribution >= 4 is 35.0 Å². The molecule has 0 spiro atoms. The van der Waals surface area contributed by atoms with Crippen LogP contribution in [-0.2, 0) is 0 Å². The number of nitrogens with two attached hydrogens (primary N) is 1. The number of carbonyl (C=O) groups excluding carboxylic acids is 2. The van der Waals surface area contributed by atoms with Gasteiger partial charge in [0.2, 0.25) is 5.95 Å². The molecule has 0 fully saturated rings. The highest BCUT2D eigenvalue weighted by atomic mass is 16.2. The maximum Gasteiger partial charge on any atom is 0.256 e. The molecule has 0 saturated carbocycles. The van der Waals surface area contributed by atoms with Crippen molar-refractivity contribution in [2.45, 2.75) is 6.92 Å². The van der Waals surface area contributed by atoms with E-state index in [1.165, 1.54) is 13.2 Å². The van der Waals surface area contributed by atoms with Gasteiger partial charge in [0.05, 0.1) is 11.3 Å². The minimum atomic E-state index is -0.586. The molecule has 0 atom stereocenters. The average Bonchev–Trinajstić information content (AvgIpc) is 2.69. The summed E-state index contributed by atoms with van der Waals surface area (Å²) in [6, 6.07) is 14.5. The molecular formula is C20H20N6O2. The van der Waals surface area contributed by atoms with E-state index in [2.05, 4.69) is 25.9 Å². The number of hydrogen-bond donors (Lipinski definition) is 4. The lowest BCUT2D eigenvalue weighted by atomic mass is 10.1. The van der Waals surface area contributed by atoms with Crippen molar-refractivity contribution in [3.8, 4) is 0 Å². The summed E-state index contributed by atoms with van der Waals surface area (Å²) in [6.07, 6.45) is 1.41. The van der Waals surface area contributed by atoms with Gasteiger partial charge in [-0.25, -0.2) is 4.98 Å². The standard InChI is InChI=1S/C20H20N6O2/c1-12-7-9-13(10-8-12)24-20-23-11-15(19(28)22-2)18(26-20)25-16-6-4-3-5-14(16)17(21)27/h3-11H,1-2H3,(H2,21,27)(H,22,28)(H2,23,24,25,26). The van der Waals surface area contributed by atoms with Crippen molar-refractivity contribution < 1.29 is 9.59 Å². The van der Waals surface area contributed by atoms with Crippen LogP contribution in [0.5, 0.6) is 0 Å². The molecule has 5 N–H and O–H groups in total. The van der Waals surface area contributed by atoms with Crippen LogP contribution in [0, 0.1) is 6.92 Å². The second-order valence-corrected chi connectivity index (χ2v) is 6.06. The molecule has 142 valence electrons. The molecule has 0 radical (unpaired) electrons. The molecule has 8 nitrogen and oxygen atoms in total. The summed E-state index contributed by atoms with van der Waals surface area (Å²) in [5.74, 6) is -0.397. The first kappa shape index (κ1) is 18.8. The fraction of sp³-hybridized carbons (Fsp3) is 0.100. The largest absolute Gasteiger partial charge is 0.366 e. The second-order valence-electron chi connectivity index (χ2n) is 6.06. The first-order chi connectivity index (χ1) is 13.5. The summed E-state index contributed by atoms with van der Waals surface area (Å²) in [6.45, 7) is 2.00. The lowest BCUT2D eigenvalue weighted by Crippen LogP contribution is -2.21. The summed E-state index contributed by atoms with van der Waals surface area (Å²) in [5, 5.41) is 8.66. The smallest absolute Gasteiger partial charge is 0.256 e. The monoisotopic (exact) mass is 376 g/mol. The quantitative estimate of drug-likeness (QED) is 0.525. The van der Waals surface area contributed by atoms with Crippen LogP contribution in [0.15, 0.2) is 54.7 Å². The molecule has 0 aliphatic carbocycles. The molecule has 3 rings (SSSR count). The number of nitrogens with zero attached hydrogens (tertiary/aromatic N) is 2. The Kier molecular flexibility index (Phi) is 5.50. The van der Waals surface area contributed by atoms with E-state index in [4.69, 9.17) is 5.73 Å². The van der Waals surface area contributed by atoms with Gasteiger partial charge < -0.3 is 21.7 Å². The molecule has 0 bridgehead atoms. The number of primary amides is 1. The Balaban J connectivity index is 1.98. The van der Waals surface area contributed by atoms with Crippen LogP contribution in [0.4, 0.5) is 23.1 Å². The zero-order chi connectivity index (χ0) is 20.1. The van der Waals surface area contributed by atoms with Crippen molar-refractivity contribution in [3.63, 3.8) is 0 Å². The third kappa shape index (κ3) is 4.24. The maximum atomic E-state index is 12.2. The minimum absolute atomic E-state index is 0.233. The highest BCUT2D eigenvalue weighted by molar-refractivity contribution is 6.02. The van der Waals surface area contributed by atoms with Gasteiger partial charge in [0, 0.05) is 18.9 Å². The SMILES string of the molecule is CNC(=O)c1cnc(Nc2ccc(C)cc2)nc1Nc1ccccc1C(N)=O. The van der Waals surface area contributed by atoms with E-state index in [1.54, 1.807) is 24.3 Å². The zero-order valence-corrected chi connectivity index (χ0v) is 15.5. The van der Waals surface area contributed by atoms with Crippen molar-refractivity contribution in [1.82, 2.24) is 15.3 Å². The van der Waals surface area contributed by atoms with E-state index < -0.39 is 5.91 Å². The van der Waals surface area contributed by atoms with Crippen LogP contribution >= 0.6 is 0 Å². The van der Waals surface area contributed by atoms with Gasteiger partial charge >= 0.3 is 0 Å². The predicted molar refractivity (Wildman–Crippen MR) is 108 cm³/mol. The van der Waals surface area contributed by atoms with Crippen molar-refractivity contribution in [2.75, 3.05) is 17.7 Å². The van der Waals surface area contributed by atoms with Crippen LogP contribution in [0.1, 0.15) is 26.3 Å². The van der Waals surface area contributed by atoms with Crippen LogP contribution in [0.3, 0.4) is 0 Å². The maximum absolute atomic E-state index is 12.2. The van der Waals surface area contributed by atoms with E-state index in [1.807, 2.05) is 31.2 Å². The summed E-state index contributed by atoms with van der Waals surface area (Å²) in [7, 11) is 1.52. The van der Waals surface area contributed by atoms with Crippen molar-refractivity contribution in [2.24, 2.45) is 5.73 Å². The molecule has 1 heterocycles. The van der Waals surface area contributed by atoms with Gasteiger partial charge in [0.15, 0.2) is 0 Å². The number of nitrogens with one attached hydrogen (secondary N) is 3. The Morgan fingerprint density at radius 2 is 1.68 bits per heavy atom. The van der Waals surface area contributed by atoms with E-state index in [9.17, 15) is 9.59 Å². The van der Waals surface area contributed by atoms with Gasteiger partial charge in [-0.1, -0.05) is 29.8 Å². The first-order valence-corrected chi connectivity index (χ1v) is 8.56. The summed E-state index contributed by atoms with van der Waals surface area (Å²) in [4.78, 5) is 32.5. The number of para-hydroxylation sites is 1. The highest BCUT2D eigenvalue weighted by Gasteiger charge is 2.16.